The Bertz CT molecular complexity index is 496. The van der Waals surface area contributed by atoms with Crippen molar-refractivity contribution in [3.05, 3.63) is 35.6 Å². The molecule has 2 N–H and O–H groups in total. The Balaban J connectivity index is 1.82. The van der Waals surface area contributed by atoms with Gasteiger partial charge in [-0.2, -0.15) is 0 Å². The molecule has 0 aromatic heterocycles. The van der Waals surface area contributed by atoms with E-state index in [1.54, 1.807) is 12.1 Å². The Hall–Kier alpha value is -1.58. The third kappa shape index (κ3) is 1.96. The number of hydrogen-bond acceptors (Lipinski definition) is 3. The monoisotopic (exact) mass is 247 g/mol. The van der Waals surface area contributed by atoms with Gasteiger partial charge in [-0.1, -0.05) is 12.1 Å². The van der Waals surface area contributed by atoms with Crippen LogP contribution < -0.4 is 5.73 Å². The standard InChI is InChI=1S/C14H18FN3/c1-14(8-10-3-2-4-11(15)7-10)9-17-13(16)18(14)12-5-6-12/h2-4,7,12H,5-6,8-9H2,1H3,(H2,16,17). The third-order valence-electron chi connectivity index (χ3n) is 3.80. The van der Waals surface area contributed by atoms with Gasteiger partial charge in [0.05, 0.1) is 12.1 Å². The van der Waals surface area contributed by atoms with Gasteiger partial charge in [-0.3, -0.25) is 4.99 Å². The number of nitrogens with two attached hydrogens (primary N) is 1. The molecule has 3 rings (SSSR count). The predicted octanol–water partition coefficient (Wildman–Crippen LogP) is 1.92. The zero-order valence-corrected chi connectivity index (χ0v) is 10.6. The van der Waals surface area contributed by atoms with Crippen molar-refractivity contribution in [3.8, 4) is 0 Å². The number of benzene rings is 1. The molecule has 0 bridgehead atoms. The van der Waals surface area contributed by atoms with E-state index in [0.29, 0.717) is 18.5 Å². The Morgan fingerprint density at radius 1 is 1.50 bits per heavy atom. The summed E-state index contributed by atoms with van der Waals surface area (Å²) in [6.07, 6.45) is 3.16. The lowest BCUT2D eigenvalue weighted by molar-refractivity contribution is 0.212. The first-order chi connectivity index (χ1) is 8.58. The second-order valence-electron chi connectivity index (χ2n) is 5.58. The summed E-state index contributed by atoms with van der Waals surface area (Å²) < 4.78 is 13.2. The first-order valence-corrected chi connectivity index (χ1v) is 6.42. The van der Waals surface area contributed by atoms with E-state index >= 15 is 0 Å². The smallest absolute Gasteiger partial charge is 0.192 e. The van der Waals surface area contributed by atoms with Crippen LogP contribution in [0.4, 0.5) is 4.39 Å². The van der Waals surface area contributed by atoms with Gasteiger partial charge < -0.3 is 10.6 Å². The van der Waals surface area contributed by atoms with Gasteiger partial charge in [-0.15, -0.1) is 0 Å². The van der Waals surface area contributed by atoms with Crippen molar-refractivity contribution in [2.75, 3.05) is 6.54 Å². The Morgan fingerprint density at radius 3 is 2.94 bits per heavy atom. The van der Waals surface area contributed by atoms with E-state index in [9.17, 15) is 4.39 Å². The van der Waals surface area contributed by atoms with Gasteiger partial charge in [-0.05, 0) is 43.9 Å². The van der Waals surface area contributed by atoms with Gasteiger partial charge in [0.15, 0.2) is 5.96 Å². The lowest BCUT2D eigenvalue weighted by Gasteiger charge is -2.36. The molecule has 1 aromatic rings. The van der Waals surface area contributed by atoms with Crippen LogP contribution in [0.3, 0.4) is 0 Å². The van der Waals surface area contributed by atoms with Crippen molar-refractivity contribution >= 4 is 5.96 Å². The Labute approximate surface area is 106 Å². The van der Waals surface area contributed by atoms with Gasteiger partial charge in [-0.25, -0.2) is 4.39 Å². The van der Waals surface area contributed by atoms with Crippen molar-refractivity contribution in [3.63, 3.8) is 0 Å². The van der Waals surface area contributed by atoms with Crippen molar-refractivity contribution < 1.29 is 4.39 Å². The molecule has 1 aromatic carbocycles. The minimum Gasteiger partial charge on any atom is -0.370 e. The summed E-state index contributed by atoms with van der Waals surface area (Å²) in [4.78, 5) is 6.61. The quantitative estimate of drug-likeness (QED) is 0.886. The molecule has 1 saturated carbocycles. The van der Waals surface area contributed by atoms with Crippen molar-refractivity contribution in [1.29, 1.82) is 0 Å². The highest BCUT2D eigenvalue weighted by Crippen LogP contribution is 2.37. The van der Waals surface area contributed by atoms with Crippen LogP contribution in [0.25, 0.3) is 0 Å². The van der Waals surface area contributed by atoms with E-state index in [4.69, 9.17) is 5.73 Å². The number of nitrogens with zero attached hydrogens (tertiary/aromatic N) is 2. The molecule has 1 heterocycles. The molecule has 1 fully saturated rings. The molecule has 96 valence electrons. The summed E-state index contributed by atoms with van der Waals surface area (Å²) in [6, 6.07) is 7.34. The van der Waals surface area contributed by atoms with Gasteiger partial charge in [0, 0.05) is 6.04 Å². The van der Waals surface area contributed by atoms with Crippen LogP contribution in [-0.4, -0.2) is 29.0 Å². The van der Waals surface area contributed by atoms with E-state index in [-0.39, 0.29) is 11.4 Å². The van der Waals surface area contributed by atoms with Crippen LogP contribution in [-0.2, 0) is 6.42 Å². The average Bonchev–Trinajstić information content (AvgIpc) is 3.07. The van der Waals surface area contributed by atoms with Gasteiger partial charge in [0.25, 0.3) is 0 Å². The van der Waals surface area contributed by atoms with E-state index in [0.717, 1.165) is 12.0 Å². The first-order valence-electron chi connectivity index (χ1n) is 6.42. The number of rotatable bonds is 3. The fourth-order valence-corrected chi connectivity index (χ4v) is 2.87. The highest BCUT2D eigenvalue weighted by Gasteiger charge is 2.45. The molecule has 0 spiro atoms. The molecule has 1 atom stereocenters. The zero-order valence-electron chi connectivity index (χ0n) is 10.6. The maximum absolute atomic E-state index is 13.2. The SMILES string of the molecule is CC1(Cc2cccc(F)c2)CN=C(N)N1C1CC1. The van der Waals surface area contributed by atoms with Gasteiger partial charge in [0.1, 0.15) is 5.82 Å². The van der Waals surface area contributed by atoms with Crippen LogP contribution >= 0.6 is 0 Å². The lowest BCUT2D eigenvalue weighted by atomic mass is 9.91. The Morgan fingerprint density at radius 2 is 2.28 bits per heavy atom. The number of aliphatic imine (C=N–C) groups is 1. The molecule has 0 radical (unpaired) electrons. The highest BCUT2D eigenvalue weighted by molar-refractivity contribution is 5.81. The molecule has 2 aliphatic rings. The molecule has 18 heavy (non-hydrogen) atoms. The molecule has 1 aliphatic carbocycles. The summed E-state index contributed by atoms with van der Waals surface area (Å²) in [5.41, 5.74) is 6.89. The first kappa shape index (κ1) is 11.5. The van der Waals surface area contributed by atoms with Gasteiger partial charge in [0.2, 0.25) is 0 Å². The van der Waals surface area contributed by atoms with Crippen LogP contribution in [0.1, 0.15) is 25.3 Å². The van der Waals surface area contributed by atoms with E-state index < -0.39 is 0 Å². The maximum atomic E-state index is 13.2. The van der Waals surface area contributed by atoms with Crippen molar-refractivity contribution in [2.24, 2.45) is 10.7 Å². The van der Waals surface area contributed by atoms with E-state index in [1.165, 1.54) is 18.9 Å². The molecule has 1 aliphatic heterocycles. The van der Waals surface area contributed by atoms with E-state index in [2.05, 4.69) is 16.8 Å². The summed E-state index contributed by atoms with van der Waals surface area (Å²) in [5.74, 6) is 0.470. The van der Waals surface area contributed by atoms with Crippen LogP contribution in [0.5, 0.6) is 0 Å². The van der Waals surface area contributed by atoms with Gasteiger partial charge >= 0.3 is 0 Å². The molecule has 0 saturated heterocycles. The molecule has 3 nitrogen and oxygen atoms in total. The minimum atomic E-state index is -0.180. The second-order valence-corrected chi connectivity index (χ2v) is 5.58. The summed E-state index contributed by atoms with van der Waals surface area (Å²) in [6.45, 7) is 2.87. The van der Waals surface area contributed by atoms with E-state index in [1.807, 2.05) is 6.07 Å². The van der Waals surface area contributed by atoms with Crippen LogP contribution in [0, 0.1) is 5.82 Å². The summed E-state index contributed by atoms with van der Waals surface area (Å²) >= 11 is 0. The molecule has 1 unspecified atom stereocenters. The van der Waals surface area contributed by atoms with Crippen molar-refractivity contribution in [1.82, 2.24) is 4.90 Å². The van der Waals surface area contributed by atoms with Crippen LogP contribution in [0.2, 0.25) is 0 Å². The Kier molecular flexibility index (Phi) is 2.54. The lowest BCUT2D eigenvalue weighted by Crippen LogP contribution is -2.52. The highest BCUT2D eigenvalue weighted by atomic mass is 19.1. The number of hydrogen-bond donors (Lipinski definition) is 1. The largest absolute Gasteiger partial charge is 0.370 e. The predicted molar refractivity (Wildman–Crippen MR) is 69.9 cm³/mol. The second kappa shape index (κ2) is 3.97. The average molecular weight is 247 g/mol. The fraction of sp³-hybridized carbons (Fsp3) is 0.500. The fourth-order valence-electron chi connectivity index (χ4n) is 2.87. The molecule has 0 amide bonds. The van der Waals surface area contributed by atoms with Crippen LogP contribution in [0.15, 0.2) is 29.3 Å². The maximum Gasteiger partial charge on any atom is 0.192 e. The minimum absolute atomic E-state index is 0.0982. The topological polar surface area (TPSA) is 41.6 Å². The normalized spacial score (nSPS) is 27.4. The summed E-state index contributed by atoms with van der Waals surface area (Å²) in [5, 5.41) is 0. The summed E-state index contributed by atoms with van der Waals surface area (Å²) in [7, 11) is 0. The van der Waals surface area contributed by atoms with Crippen molar-refractivity contribution in [2.45, 2.75) is 37.8 Å². The zero-order chi connectivity index (χ0) is 12.8. The molecule has 4 heteroatoms. The molecular formula is C14H18FN3. The number of guanidine groups is 1. The number of halogens is 1. The third-order valence-corrected chi connectivity index (χ3v) is 3.80. The molecular weight excluding hydrogens is 229 g/mol.